The molecule has 1 heterocycles. The molecule has 2 aromatic rings. The number of hydrogen-bond donors (Lipinski definition) is 1. The smallest absolute Gasteiger partial charge is 0.251 e. The first-order valence-electron chi connectivity index (χ1n) is 8.27. The maximum Gasteiger partial charge on any atom is 0.251 e. The first-order chi connectivity index (χ1) is 12.0. The molecule has 6 heteroatoms. The van der Waals surface area contributed by atoms with Crippen LogP contribution in [0.3, 0.4) is 0 Å². The molecule has 25 heavy (non-hydrogen) atoms. The molecule has 2 aromatic carbocycles. The highest BCUT2D eigenvalue weighted by atomic mass is 35.5. The number of carbonyl (C=O) groups is 1. The molecular weight excluding hydrogens is 362 g/mol. The lowest BCUT2D eigenvalue weighted by atomic mass is 10.1. The SMILES string of the molecule is O=C(NCC(c1ccc(F)cc1)N1CCCC1)c1ccc(Cl)c(Cl)c1. The standard InChI is InChI=1S/C19H19Cl2FN2O/c20-16-8-5-14(11-17(16)21)19(25)23-12-18(24-9-1-2-10-24)13-3-6-15(22)7-4-13/h3-8,11,18H,1-2,9-10,12H2,(H,23,25). The number of hydrogen-bond acceptors (Lipinski definition) is 2. The van der Waals surface area contributed by atoms with Gasteiger partial charge in [0.1, 0.15) is 5.82 Å². The second-order valence-corrected chi connectivity index (χ2v) is 6.96. The molecule has 1 atom stereocenters. The molecule has 0 aliphatic carbocycles. The molecule has 132 valence electrons. The molecule has 1 N–H and O–H groups in total. The number of rotatable bonds is 5. The van der Waals surface area contributed by atoms with Gasteiger partial charge in [0.2, 0.25) is 0 Å². The van der Waals surface area contributed by atoms with Crippen molar-refractivity contribution in [3.8, 4) is 0 Å². The van der Waals surface area contributed by atoms with Crippen molar-refractivity contribution in [1.82, 2.24) is 10.2 Å². The molecule has 0 radical (unpaired) electrons. The van der Waals surface area contributed by atoms with Crippen LogP contribution in [-0.2, 0) is 0 Å². The number of benzene rings is 2. The van der Waals surface area contributed by atoms with E-state index in [1.165, 1.54) is 12.1 Å². The molecule has 1 fully saturated rings. The summed E-state index contributed by atoms with van der Waals surface area (Å²) in [4.78, 5) is 14.7. The zero-order valence-electron chi connectivity index (χ0n) is 13.6. The number of nitrogens with one attached hydrogen (secondary N) is 1. The summed E-state index contributed by atoms with van der Waals surface area (Å²) >= 11 is 11.9. The number of nitrogens with zero attached hydrogens (tertiary/aromatic N) is 1. The lowest BCUT2D eigenvalue weighted by Gasteiger charge is -2.28. The Balaban J connectivity index is 1.72. The fraction of sp³-hybridized carbons (Fsp3) is 0.316. The summed E-state index contributed by atoms with van der Waals surface area (Å²) in [5, 5.41) is 3.73. The number of halogens is 3. The monoisotopic (exact) mass is 380 g/mol. The van der Waals surface area contributed by atoms with E-state index >= 15 is 0 Å². The highest BCUT2D eigenvalue weighted by Crippen LogP contribution is 2.26. The molecular formula is C19H19Cl2FN2O. The Hall–Kier alpha value is -1.62. The van der Waals surface area contributed by atoms with E-state index in [1.807, 2.05) is 0 Å². The Morgan fingerprint density at radius 3 is 2.40 bits per heavy atom. The van der Waals surface area contributed by atoms with Gasteiger partial charge >= 0.3 is 0 Å². The Morgan fingerprint density at radius 1 is 1.08 bits per heavy atom. The lowest BCUT2D eigenvalue weighted by molar-refractivity contribution is 0.0938. The summed E-state index contributed by atoms with van der Waals surface area (Å²) in [6, 6.07) is 11.3. The van der Waals surface area contributed by atoms with E-state index in [9.17, 15) is 9.18 Å². The topological polar surface area (TPSA) is 32.3 Å². The van der Waals surface area contributed by atoms with E-state index in [0.29, 0.717) is 22.2 Å². The normalized spacial score (nSPS) is 16.0. The number of carbonyl (C=O) groups excluding carboxylic acids is 1. The zero-order chi connectivity index (χ0) is 17.8. The van der Waals surface area contributed by atoms with Gasteiger partial charge in [0.05, 0.1) is 16.1 Å². The highest BCUT2D eigenvalue weighted by molar-refractivity contribution is 6.42. The molecule has 1 aliphatic heterocycles. The molecule has 3 rings (SSSR count). The largest absolute Gasteiger partial charge is 0.350 e. The first-order valence-corrected chi connectivity index (χ1v) is 9.03. The van der Waals surface area contributed by atoms with Crippen LogP contribution in [0.5, 0.6) is 0 Å². The van der Waals surface area contributed by atoms with Crippen molar-refractivity contribution in [2.75, 3.05) is 19.6 Å². The fourth-order valence-electron chi connectivity index (χ4n) is 3.12. The predicted octanol–water partition coefficient (Wildman–Crippen LogP) is 4.70. The van der Waals surface area contributed by atoms with E-state index in [1.54, 1.807) is 30.3 Å². The summed E-state index contributed by atoms with van der Waals surface area (Å²) in [6.45, 7) is 2.40. The van der Waals surface area contributed by atoms with Gasteiger partial charge in [-0.2, -0.15) is 0 Å². The van der Waals surface area contributed by atoms with Crippen molar-refractivity contribution in [3.63, 3.8) is 0 Å². The van der Waals surface area contributed by atoms with Gasteiger partial charge in [0.15, 0.2) is 0 Å². The Kier molecular flexibility index (Phi) is 5.94. The summed E-state index contributed by atoms with van der Waals surface area (Å²) in [6.07, 6.45) is 2.27. The van der Waals surface area contributed by atoms with Crippen LogP contribution >= 0.6 is 23.2 Å². The van der Waals surface area contributed by atoms with Crippen molar-refractivity contribution in [3.05, 3.63) is 69.5 Å². The molecule has 1 amide bonds. The summed E-state index contributed by atoms with van der Waals surface area (Å²) in [7, 11) is 0. The van der Waals surface area contributed by atoms with Gasteiger partial charge in [0, 0.05) is 12.1 Å². The van der Waals surface area contributed by atoms with E-state index in [2.05, 4.69) is 10.2 Å². The van der Waals surface area contributed by atoms with Crippen molar-refractivity contribution in [1.29, 1.82) is 0 Å². The summed E-state index contributed by atoms with van der Waals surface area (Å²) in [5.74, 6) is -0.464. The molecule has 0 spiro atoms. The van der Waals surface area contributed by atoms with Crippen LogP contribution in [0.2, 0.25) is 10.0 Å². The third-order valence-electron chi connectivity index (χ3n) is 4.47. The third kappa shape index (κ3) is 4.51. The van der Waals surface area contributed by atoms with E-state index in [4.69, 9.17) is 23.2 Å². The average Bonchev–Trinajstić information content (AvgIpc) is 3.13. The van der Waals surface area contributed by atoms with Gasteiger partial charge in [-0.15, -0.1) is 0 Å². The minimum Gasteiger partial charge on any atom is -0.350 e. The summed E-state index contributed by atoms with van der Waals surface area (Å²) in [5.41, 5.74) is 1.46. The first kappa shape index (κ1) is 18.2. The Labute approximate surface area is 156 Å². The maximum atomic E-state index is 13.2. The second-order valence-electron chi connectivity index (χ2n) is 6.15. The van der Waals surface area contributed by atoms with Crippen molar-refractivity contribution >= 4 is 29.1 Å². The molecule has 1 unspecified atom stereocenters. The van der Waals surface area contributed by atoms with Crippen LogP contribution in [0.25, 0.3) is 0 Å². The van der Waals surface area contributed by atoms with Gasteiger partial charge in [-0.25, -0.2) is 4.39 Å². The van der Waals surface area contributed by atoms with Gasteiger partial charge in [0.25, 0.3) is 5.91 Å². The van der Waals surface area contributed by atoms with Gasteiger partial charge in [-0.05, 0) is 61.8 Å². The number of amides is 1. The molecule has 0 aromatic heterocycles. The Bertz CT molecular complexity index is 746. The lowest BCUT2D eigenvalue weighted by Crippen LogP contribution is -2.36. The number of likely N-dealkylation sites (tertiary alicyclic amines) is 1. The average molecular weight is 381 g/mol. The highest BCUT2D eigenvalue weighted by Gasteiger charge is 2.24. The van der Waals surface area contributed by atoms with Crippen LogP contribution < -0.4 is 5.32 Å². The van der Waals surface area contributed by atoms with Crippen LogP contribution in [-0.4, -0.2) is 30.4 Å². The van der Waals surface area contributed by atoms with Crippen LogP contribution in [0, 0.1) is 5.82 Å². The van der Waals surface area contributed by atoms with Gasteiger partial charge in [-0.1, -0.05) is 35.3 Å². The van der Waals surface area contributed by atoms with Crippen molar-refractivity contribution in [2.24, 2.45) is 0 Å². The van der Waals surface area contributed by atoms with Crippen molar-refractivity contribution in [2.45, 2.75) is 18.9 Å². The summed E-state index contributed by atoms with van der Waals surface area (Å²) < 4.78 is 13.2. The fourth-order valence-corrected chi connectivity index (χ4v) is 3.42. The molecule has 3 nitrogen and oxygen atoms in total. The van der Waals surface area contributed by atoms with Gasteiger partial charge < -0.3 is 5.32 Å². The van der Waals surface area contributed by atoms with Crippen molar-refractivity contribution < 1.29 is 9.18 Å². The van der Waals surface area contributed by atoms with Crippen LogP contribution in [0.15, 0.2) is 42.5 Å². The Morgan fingerprint density at radius 2 is 1.76 bits per heavy atom. The van der Waals surface area contributed by atoms with Crippen LogP contribution in [0.4, 0.5) is 4.39 Å². The molecule has 1 aliphatic rings. The van der Waals surface area contributed by atoms with E-state index in [-0.39, 0.29) is 17.8 Å². The minimum atomic E-state index is -0.260. The molecule has 1 saturated heterocycles. The second kappa shape index (κ2) is 8.17. The quantitative estimate of drug-likeness (QED) is 0.814. The predicted molar refractivity (Wildman–Crippen MR) is 98.7 cm³/mol. The van der Waals surface area contributed by atoms with Crippen LogP contribution in [0.1, 0.15) is 34.8 Å². The minimum absolute atomic E-state index is 0.0230. The van der Waals surface area contributed by atoms with E-state index < -0.39 is 0 Å². The maximum absolute atomic E-state index is 13.2. The molecule has 0 bridgehead atoms. The zero-order valence-corrected chi connectivity index (χ0v) is 15.2. The van der Waals surface area contributed by atoms with Gasteiger partial charge in [-0.3, -0.25) is 9.69 Å². The molecule has 0 saturated carbocycles. The third-order valence-corrected chi connectivity index (χ3v) is 5.21. The van der Waals surface area contributed by atoms with E-state index in [0.717, 1.165) is 31.5 Å².